The molecular weight excluding hydrogens is 292 g/mol. The first-order chi connectivity index (χ1) is 11.2. The molecule has 0 bridgehead atoms. The van der Waals surface area contributed by atoms with Gasteiger partial charge >= 0.3 is 0 Å². The molecule has 118 valence electrons. The largest absolute Gasteiger partial charge is 0.486 e. The molecule has 1 aliphatic rings. The summed E-state index contributed by atoms with van der Waals surface area (Å²) in [6, 6.07) is 8.11. The average Bonchev–Trinajstić information content (AvgIpc) is 2.96. The van der Waals surface area contributed by atoms with Crippen molar-refractivity contribution in [2.24, 2.45) is 7.05 Å². The van der Waals surface area contributed by atoms with Crippen molar-refractivity contribution in [3.8, 4) is 11.5 Å². The summed E-state index contributed by atoms with van der Waals surface area (Å²) >= 11 is 0. The van der Waals surface area contributed by atoms with Gasteiger partial charge in [0.15, 0.2) is 11.5 Å². The van der Waals surface area contributed by atoms with E-state index in [-0.39, 0.29) is 0 Å². The van der Waals surface area contributed by atoms with E-state index in [1.807, 2.05) is 43.1 Å². The molecule has 4 rings (SSSR count). The van der Waals surface area contributed by atoms with Crippen LogP contribution in [0.15, 0.2) is 36.8 Å². The highest BCUT2D eigenvalue weighted by Gasteiger charge is 2.14. The topological polar surface area (TPSA) is 52.4 Å². The molecule has 0 amide bonds. The van der Waals surface area contributed by atoms with Crippen LogP contribution in [0.3, 0.4) is 0 Å². The van der Waals surface area contributed by atoms with Crippen LogP contribution in [0.1, 0.15) is 5.56 Å². The number of benzene rings is 1. The van der Waals surface area contributed by atoms with Crippen LogP contribution < -0.4 is 14.4 Å². The minimum atomic E-state index is 0.600. The van der Waals surface area contributed by atoms with Crippen LogP contribution in [0, 0.1) is 0 Å². The van der Waals surface area contributed by atoms with Crippen molar-refractivity contribution in [1.29, 1.82) is 0 Å². The Morgan fingerprint density at radius 3 is 2.83 bits per heavy atom. The highest BCUT2D eigenvalue weighted by atomic mass is 16.6. The molecule has 0 saturated carbocycles. The second-order valence-electron chi connectivity index (χ2n) is 5.70. The lowest BCUT2D eigenvalue weighted by Crippen LogP contribution is -2.19. The molecule has 0 radical (unpaired) electrons. The van der Waals surface area contributed by atoms with E-state index in [1.54, 1.807) is 6.33 Å². The first-order valence-electron chi connectivity index (χ1n) is 7.58. The van der Waals surface area contributed by atoms with Crippen LogP contribution >= 0.6 is 0 Å². The normalized spacial score (nSPS) is 13.3. The van der Waals surface area contributed by atoms with Crippen molar-refractivity contribution in [2.75, 3.05) is 25.2 Å². The quantitative estimate of drug-likeness (QED) is 0.743. The van der Waals surface area contributed by atoms with Gasteiger partial charge in [-0.25, -0.2) is 9.97 Å². The Morgan fingerprint density at radius 2 is 1.96 bits per heavy atom. The number of anilines is 1. The number of hydrogen-bond acceptors (Lipinski definition) is 5. The van der Waals surface area contributed by atoms with Crippen LogP contribution in [0.2, 0.25) is 0 Å². The maximum Gasteiger partial charge on any atom is 0.161 e. The molecule has 0 spiro atoms. The van der Waals surface area contributed by atoms with Crippen molar-refractivity contribution in [1.82, 2.24) is 14.5 Å². The molecule has 0 saturated heterocycles. The number of rotatable bonds is 3. The fourth-order valence-corrected chi connectivity index (χ4v) is 2.90. The smallest absolute Gasteiger partial charge is 0.161 e. The fourth-order valence-electron chi connectivity index (χ4n) is 2.90. The zero-order chi connectivity index (χ0) is 15.8. The van der Waals surface area contributed by atoms with Crippen LogP contribution in [-0.4, -0.2) is 34.8 Å². The summed E-state index contributed by atoms with van der Waals surface area (Å²) in [6.07, 6.45) is 3.61. The summed E-state index contributed by atoms with van der Waals surface area (Å²) < 4.78 is 13.2. The molecule has 0 aliphatic carbocycles. The third-order valence-corrected chi connectivity index (χ3v) is 4.03. The minimum absolute atomic E-state index is 0.600. The molecule has 1 aromatic carbocycles. The lowest BCUT2D eigenvalue weighted by molar-refractivity contribution is 0.171. The minimum Gasteiger partial charge on any atom is -0.486 e. The standard InChI is InChI=1S/C17H18N4O2/c1-20-6-5-13-16(20)18-11-19-17(13)21(2)10-12-3-4-14-15(9-12)23-8-7-22-14/h3-6,9,11H,7-8,10H2,1-2H3. The van der Waals surface area contributed by atoms with E-state index >= 15 is 0 Å². The van der Waals surface area contributed by atoms with Gasteiger partial charge in [0.25, 0.3) is 0 Å². The van der Waals surface area contributed by atoms with Crippen LogP contribution in [0.5, 0.6) is 11.5 Å². The predicted octanol–water partition coefficient (Wildman–Crippen LogP) is 2.38. The molecule has 6 nitrogen and oxygen atoms in total. The summed E-state index contributed by atoms with van der Waals surface area (Å²) in [7, 11) is 4.02. The average molecular weight is 310 g/mol. The summed E-state index contributed by atoms with van der Waals surface area (Å²) in [4.78, 5) is 10.9. The van der Waals surface area contributed by atoms with Crippen molar-refractivity contribution in [3.05, 3.63) is 42.4 Å². The Morgan fingerprint density at radius 1 is 1.13 bits per heavy atom. The first-order valence-corrected chi connectivity index (χ1v) is 7.58. The second kappa shape index (κ2) is 5.46. The van der Waals surface area contributed by atoms with Gasteiger partial charge in [-0.1, -0.05) is 6.07 Å². The zero-order valence-electron chi connectivity index (χ0n) is 13.2. The van der Waals surface area contributed by atoms with Gasteiger partial charge in [-0.2, -0.15) is 0 Å². The Labute approximate surface area is 134 Å². The molecule has 3 heterocycles. The number of aromatic nitrogens is 3. The molecule has 0 unspecified atom stereocenters. The van der Waals surface area contributed by atoms with E-state index in [9.17, 15) is 0 Å². The van der Waals surface area contributed by atoms with Crippen molar-refractivity contribution in [2.45, 2.75) is 6.54 Å². The predicted molar refractivity (Wildman–Crippen MR) is 88.0 cm³/mol. The van der Waals surface area contributed by atoms with Gasteiger partial charge < -0.3 is 18.9 Å². The van der Waals surface area contributed by atoms with E-state index in [0.717, 1.165) is 40.5 Å². The highest BCUT2D eigenvalue weighted by Crippen LogP contribution is 2.31. The van der Waals surface area contributed by atoms with Crippen LogP contribution in [0.4, 0.5) is 5.82 Å². The van der Waals surface area contributed by atoms with Crippen LogP contribution in [0.25, 0.3) is 11.0 Å². The van der Waals surface area contributed by atoms with E-state index in [0.29, 0.717) is 13.2 Å². The molecule has 2 aromatic heterocycles. The summed E-state index contributed by atoms with van der Waals surface area (Å²) in [5.41, 5.74) is 2.09. The lowest BCUT2D eigenvalue weighted by Gasteiger charge is -2.22. The Bertz CT molecular complexity index is 859. The second-order valence-corrected chi connectivity index (χ2v) is 5.70. The molecule has 0 fully saturated rings. The molecule has 1 aliphatic heterocycles. The number of ether oxygens (including phenoxy) is 2. The lowest BCUT2D eigenvalue weighted by atomic mass is 10.2. The summed E-state index contributed by atoms with van der Waals surface area (Å²) in [5.74, 6) is 2.55. The Hall–Kier alpha value is -2.76. The van der Waals surface area contributed by atoms with Crippen molar-refractivity contribution >= 4 is 16.9 Å². The maximum absolute atomic E-state index is 5.65. The monoisotopic (exact) mass is 310 g/mol. The molecule has 0 N–H and O–H groups in total. The Kier molecular flexibility index (Phi) is 3.29. The van der Waals surface area contributed by atoms with Crippen molar-refractivity contribution in [3.63, 3.8) is 0 Å². The number of aryl methyl sites for hydroxylation is 1. The first kappa shape index (κ1) is 13.9. The van der Waals surface area contributed by atoms with Gasteiger partial charge in [-0.3, -0.25) is 0 Å². The van der Waals surface area contributed by atoms with Gasteiger partial charge in [-0.15, -0.1) is 0 Å². The van der Waals surface area contributed by atoms with Crippen molar-refractivity contribution < 1.29 is 9.47 Å². The van der Waals surface area contributed by atoms with Gasteiger partial charge in [-0.05, 0) is 23.8 Å². The van der Waals surface area contributed by atoms with E-state index in [1.165, 1.54) is 0 Å². The number of fused-ring (bicyclic) bond motifs is 2. The molecule has 6 heteroatoms. The molecular formula is C17H18N4O2. The van der Waals surface area contributed by atoms with Crippen LogP contribution in [-0.2, 0) is 13.6 Å². The van der Waals surface area contributed by atoms with Gasteiger partial charge in [0.2, 0.25) is 0 Å². The zero-order valence-corrected chi connectivity index (χ0v) is 13.2. The molecule has 0 atom stereocenters. The third-order valence-electron chi connectivity index (χ3n) is 4.03. The third kappa shape index (κ3) is 2.46. The van der Waals surface area contributed by atoms with E-state index in [2.05, 4.69) is 20.9 Å². The summed E-state index contributed by atoms with van der Waals surface area (Å²) in [5, 5.41) is 1.05. The Balaban J connectivity index is 1.63. The van der Waals surface area contributed by atoms with Gasteiger partial charge in [0, 0.05) is 26.8 Å². The number of nitrogens with zero attached hydrogens (tertiary/aromatic N) is 4. The summed E-state index contributed by atoms with van der Waals surface area (Å²) in [6.45, 7) is 1.94. The van der Waals surface area contributed by atoms with Gasteiger partial charge in [0.05, 0.1) is 5.39 Å². The molecule has 3 aromatic rings. The highest BCUT2D eigenvalue weighted by molar-refractivity contribution is 5.87. The SMILES string of the molecule is CN(Cc1ccc2c(c1)OCCO2)c1ncnc2c1ccn2C. The fraction of sp³-hybridized carbons (Fsp3) is 0.294. The maximum atomic E-state index is 5.65. The van der Waals surface area contributed by atoms with E-state index in [4.69, 9.17) is 9.47 Å². The van der Waals surface area contributed by atoms with E-state index < -0.39 is 0 Å². The number of hydrogen-bond donors (Lipinski definition) is 0. The molecule has 23 heavy (non-hydrogen) atoms. The van der Waals surface area contributed by atoms with Gasteiger partial charge in [0.1, 0.15) is 31.0 Å².